The molecule has 1 aromatic heterocycles. The molecule has 1 amide bonds. The quantitative estimate of drug-likeness (QED) is 0.769. The summed E-state index contributed by atoms with van der Waals surface area (Å²) in [6, 6.07) is -0.546. The van der Waals surface area contributed by atoms with Crippen molar-refractivity contribution in [3.63, 3.8) is 0 Å². The van der Waals surface area contributed by atoms with Gasteiger partial charge in [0.1, 0.15) is 6.04 Å². The fourth-order valence-electron chi connectivity index (χ4n) is 2.16. The molecule has 0 spiro atoms. The number of carbonyl (C=O) groups is 1. The molecule has 1 saturated heterocycles. The molecule has 7 heteroatoms. The van der Waals surface area contributed by atoms with Gasteiger partial charge in [-0.2, -0.15) is 0 Å². The summed E-state index contributed by atoms with van der Waals surface area (Å²) in [5, 5.41) is 4.93. The van der Waals surface area contributed by atoms with Crippen LogP contribution in [0.4, 0.5) is 0 Å². The highest BCUT2D eigenvalue weighted by atomic mass is 32.1. The average Bonchev–Trinajstić information content (AvgIpc) is 2.68. The van der Waals surface area contributed by atoms with Gasteiger partial charge in [-0.1, -0.05) is 0 Å². The number of nitrogens with one attached hydrogen (secondary N) is 2. The van der Waals surface area contributed by atoms with E-state index in [0.717, 1.165) is 25.9 Å². The highest BCUT2D eigenvalue weighted by molar-refractivity contribution is 7.71. The summed E-state index contributed by atoms with van der Waals surface area (Å²) in [5.74, 6) is -0.0362. The number of likely N-dealkylation sites (tertiary alicyclic amines) is 1. The van der Waals surface area contributed by atoms with Gasteiger partial charge in [0, 0.05) is 13.1 Å². The molecular formula is C10H16N4O2S. The summed E-state index contributed by atoms with van der Waals surface area (Å²) in [7, 11) is 0. The minimum Gasteiger partial charge on any atom is -0.341 e. The molecule has 0 saturated carbocycles. The van der Waals surface area contributed by atoms with E-state index in [9.17, 15) is 9.59 Å². The van der Waals surface area contributed by atoms with E-state index in [1.165, 1.54) is 11.0 Å². The van der Waals surface area contributed by atoms with E-state index in [1.807, 2.05) is 4.90 Å². The molecule has 0 aliphatic carbocycles. The van der Waals surface area contributed by atoms with E-state index in [2.05, 4.69) is 10.2 Å². The minimum atomic E-state index is -0.546. The Morgan fingerprint density at radius 3 is 2.47 bits per heavy atom. The monoisotopic (exact) mass is 256 g/mol. The number of piperidine rings is 1. The number of hydrogen-bond acceptors (Lipinski definition) is 3. The smallest absolute Gasteiger partial charge is 0.341 e. The van der Waals surface area contributed by atoms with Gasteiger partial charge < -0.3 is 4.90 Å². The summed E-state index contributed by atoms with van der Waals surface area (Å²) < 4.78 is 1.54. The van der Waals surface area contributed by atoms with Gasteiger partial charge >= 0.3 is 5.69 Å². The molecular weight excluding hydrogens is 240 g/mol. The number of carbonyl (C=O) groups excluding carboxylic acids is 1. The van der Waals surface area contributed by atoms with Crippen LogP contribution in [0, 0.1) is 4.77 Å². The normalized spacial score (nSPS) is 18.1. The summed E-state index contributed by atoms with van der Waals surface area (Å²) in [6.45, 7) is 3.26. The molecule has 1 atom stereocenters. The van der Waals surface area contributed by atoms with Gasteiger partial charge in [-0.15, -0.1) is 0 Å². The van der Waals surface area contributed by atoms with E-state index in [0.29, 0.717) is 0 Å². The standard InChI is InChI=1S/C10H16N4O2S/c1-7(14-9(16)11-12-10(14)17)8(15)13-5-3-2-4-6-13/h7H,2-6H2,1H3,(H,11,16)(H,12,17). The van der Waals surface area contributed by atoms with Gasteiger partial charge in [-0.3, -0.25) is 14.5 Å². The lowest BCUT2D eigenvalue weighted by Gasteiger charge is -2.29. The van der Waals surface area contributed by atoms with Crippen LogP contribution in [-0.4, -0.2) is 38.7 Å². The molecule has 2 rings (SSSR count). The predicted molar refractivity (Wildman–Crippen MR) is 65.4 cm³/mol. The maximum Gasteiger partial charge on any atom is 0.343 e. The van der Waals surface area contributed by atoms with Gasteiger partial charge in [-0.25, -0.2) is 9.89 Å². The van der Waals surface area contributed by atoms with E-state index in [4.69, 9.17) is 12.2 Å². The van der Waals surface area contributed by atoms with Crippen molar-refractivity contribution in [3.05, 3.63) is 15.3 Å². The lowest BCUT2D eigenvalue weighted by Crippen LogP contribution is -2.41. The number of nitrogens with zero attached hydrogens (tertiary/aromatic N) is 2. The van der Waals surface area contributed by atoms with Crippen molar-refractivity contribution >= 4 is 18.1 Å². The molecule has 0 bridgehead atoms. The largest absolute Gasteiger partial charge is 0.343 e. The second-order valence-electron chi connectivity index (χ2n) is 4.29. The molecule has 1 unspecified atom stereocenters. The van der Waals surface area contributed by atoms with E-state index < -0.39 is 6.04 Å². The SMILES string of the molecule is CC(C(=O)N1CCCCC1)n1c(=O)[nH][nH]c1=S. The number of hydrogen-bond donors (Lipinski definition) is 2. The molecule has 2 heterocycles. The van der Waals surface area contributed by atoms with Crippen molar-refractivity contribution < 1.29 is 4.79 Å². The van der Waals surface area contributed by atoms with Gasteiger partial charge in [0.2, 0.25) is 5.91 Å². The van der Waals surface area contributed by atoms with Crippen LogP contribution in [0.25, 0.3) is 0 Å². The number of aromatic nitrogens is 3. The molecule has 1 aromatic rings. The zero-order chi connectivity index (χ0) is 12.4. The van der Waals surface area contributed by atoms with Crippen molar-refractivity contribution in [2.24, 2.45) is 0 Å². The van der Waals surface area contributed by atoms with E-state index >= 15 is 0 Å². The molecule has 1 aliphatic heterocycles. The van der Waals surface area contributed by atoms with Crippen LogP contribution in [0.1, 0.15) is 32.2 Å². The highest BCUT2D eigenvalue weighted by Gasteiger charge is 2.24. The van der Waals surface area contributed by atoms with Crippen LogP contribution in [0.2, 0.25) is 0 Å². The average molecular weight is 256 g/mol. The summed E-state index contributed by atoms with van der Waals surface area (Å²) in [6.07, 6.45) is 3.24. The molecule has 94 valence electrons. The molecule has 1 fully saturated rings. The minimum absolute atomic E-state index is 0.0362. The fraction of sp³-hybridized carbons (Fsp3) is 0.700. The second kappa shape index (κ2) is 4.87. The Hall–Kier alpha value is -1.37. The van der Waals surface area contributed by atoms with Crippen molar-refractivity contribution in [2.75, 3.05) is 13.1 Å². The Morgan fingerprint density at radius 2 is 1.94 bits per heavy atom. The maximum atomic E-state index is 12.2. The van der Waals surface area contributed by atoms with Crippen molar-refractivity contribution in [2.45, 2.75) is 32.2 Å². The first-order chi connectivity index (χ1) is 8.11. The highest BCUT2D eigenvalue weighted by Crippen LogP contribution is 2.14. The zero-order valence-electron chi connectivity index (χ0n) is 9.73. The number of aromatic amines is 2. The fourth-order valence-corrected chi connectivity index (χ4v) is 2.45. The third-order valence-corrected chi connectivity index (χ3v) is 3.43. The van der Waals surface area contributed by atoms with Crippen LogP contribution < -0.4 is 5.69 Å². The first-order valence-corrected chi connectivity index (χ1v) is 6.20. The Bertz CT molecular complexity index is 481. The topological polar surface area (TPSA) is 73.9 Å². The second-order valence-corrected chi connectivity index (χ2v) is 4.68. The van der Waals surface area contributed by atoms with E-state index in [1.54, 1.807) is 6.92 Å². The van der Waals surface area contributed by atoms with Crippen LogP contribution in [-0.2, 0) is 4.79 Å². The molecule has 0 radical (unpaired) electrons. The number of amides is 1. The summed E-state index contributed by atoms with van der Waals surface area (Å²) in [4.78, 5) is 25.5. The Balaban J connectivity index is 2.20. The number of H-pyrrole nitrogens is 2. The lowest BCUT2D eigenvalue weighted by atomic mass is 10.1. The third kappa shape index (κ3) is 2.33. The molecule has 0 aromatic carbocycles. The number of rotatable bonds is 2. The Morgan fingerprint density at radius 1 is 1.29 bits per heavy atom. The van der Waals surface area contributed by atoms with Crippen LogP contribution in [0.5, 0.6) is 0 Å². The lowest BCUT2D eigenvalue weighted by molar-refractivity contribution is -0.135. The molecule has 1 aliphatic rings. The van der Waals surface area contributed by atoms with E-state index in [-0.39, 0.29) is 16.4 Å². The Kier molecular flexibility index (Phi) is 3.46. The van der Waals surface area contributed by atoms with Crippen LogP contribution in [0.3, 0.4) is 0 Å². The molecule has 6 nitrogen and oxygen atoms in total. The van der Waals surface area contributed by atoms with Crippen molar-refractivity contribution in [1.82, 2.24) is 19.7 Å². The summed E-state index contributed by atoms with van der Waals surface area (Å²) in [5.41, 5.74) is -0.368. The third-order valence-electron chi connectivity index (χ3n) is 3.13. The predicted octanol–water partition coefficient (Wildman–Crippen LogP) is 0.807. The van der Waals surface area contributed by atoms with Gasteiger partial charge in [-0.05, 0) is 38.4 Å². The zero-order valence-corrected chi connectivity index (χ0v) is 10.5. The maximum absolute atomic E-state index is 12.2. The molecule has 2 N–H and O–H groups in total. The van der Waals surface area contributed by atoms with Gasteiger partial charge in [0.15, 0.2) is 4.77 Å². The van der Waals surface area contributed by atoms with Gasteiger partial charge in [0.05, 0.1) is 0 Å². The Labute approximate surface area is 104 Å². The van der Waals surface area contributed by atoms with Crippen molar-refractivity contribution in [3.8, 4) is 0 Å². The van der Waals surface area contributed by atoms with Crippen LogP contribution in [0.15, 0.2) is 4.79 Å². The van der Waals surface area contributed by atoms with Crippen molar-refractivity contribution in [1.29, 1.82) is 0 Å². The van der Waals surface area contributed by atoms with Crippen LogP contribution >= 0.6 is 12.2 Å². The van der Waals surface area contributed by atoms with Gasteiger partial charge in [0.25, 0.3) is 0 Å². The first kappa shape index (κ1) is 12.1. The summed E-state index contributed by atoms with van der Waals surface area (Å²) >= 11 is 4.98. The first-order valence-electron chi connectivity index (χ1n) is 5.79. The molecule has 17 heavy (non-hydrogen) atoms.